The second kappa shape index (κ2) is 6.03. The van der Waals surface area contributed by atoms with Crippen molar-refractivity contribution in [3.63, 3.8) is 0 Å². The van der Waals surface area contributed by atoms with Gasteiger partial charge in [0.05, 0.1) is 5.56 Å². The minimum absolute atomic E-state index is 0.159. The van der Waals surface area contributed by atoms with Gasteiger partial charge in [-0.05, 0) is 30.3 Å². The third-order valence-corrected chi connectivity index (χ3v) is 3.24. The zero-order valence-corrected chi connectivity index (χ0v) is 11.7. The molecule has 0 fully saturated rings. The van der Waals surface area contributed by atoms with Gasteiger partial charge in [-0.25, -0.2) is 4.79 Å². The van der Waals surface area contributed by atoms with Crippen LogP contribution in [0.3, 0.4) is 0 Å². The molecule has 0 aromatic heterocycles. The first-order valence-corrected chi connectivity index (χ1v) is 6.50. The van der Waals surface area contributed by atoms with Gasteiger partial charge in [0.25, 0.3) is 0 Å². The van der Waals surface area contributed by atoms with Crippen molar-refractivity contribution < 1.29 is 9.53 Å². The number of esters is 1. The molecule has 2 aromatic rings. The molecule has 0 amide bonds. The molecule has 0 aliphatic heterocycles. The largest absolute Gasteiger partial charge is 0.457 e. The van der Waals surface area contributed by atoms with Crippen LogP contribution >= 0.6 is 27.5 Å². The summed E-state index contributed by atoms with van der Waals surface area (Å²) in [7, 11) is 0. The lowest BCUT2D eigenvalue weighted by Crippen LogP contribution is -2.05. The van der Waals surface area contributed by atoms with Crippen LogP contribution in [0.2, 0.25) is 5.02 Å². The fraction of sp³-hybridized carbons (Fsp3) is 0.0714. The molecule has 2 aromatic carbocycles. The van der Waals surface area contributed by atoms with E-state index in [1.807, 2.05) is 18.2 Å². The molecule has 0 saturated carbocycles. The number of benzene rings is 2. The number of rotatable bonds is 3. The molecule has 0 heterocycles. The van der Waals surface area contributed by atoms with Gasteiger partial charge in [0.15, 0.2) is 0 Å². The van der Waals surface area contributed by atoms with Crippen LogP contribution < -0.4 is 0 Å². The summed E-state index contributed by atoms with van der Waals surface area (Å²) < 4.78 is 6.11. The summed E-state index contributed by atoms with van der Waals surface area (Å²) in [5.41, 5.74) is 1.30. The van der Waals surface area contributed by atoms with E-state index in [0.29, 0.717) is 10.6 Å². The average Bonchev–Trinajstić information content (AvgIpc) is 2.40. The van der Waals surface area contributed by atoms with Gasteiger partial charge < -0.3 is 4.74 Å². The van der Waals surface area contributed by atoms with E-state index in [9.17, 15) is 4.79 Å². The van der Waals surface area contributed by atoms with E-state index in [4.69, 9.17) is 16.3 Å². The quantitative estimate of drug-likeness (QED) is 0.779. The van der Waals surface area contributed by atoms with Crippen molar-refractivity contribution in [2.45, 2.75) is 6.61 Å². The Kier molecular flexibility index (Phi) is 4.39. The van der Waals surface area contributed by atoms with Gasteiger partial charge in [0, 0.05) is 15.1 Å². The van der Waals surface area contributed by atoms with Gasteiger partial charge in [0.1, 0.15) is 6.61 Å². The Balaban J connectivity index is 2.04. The maximum absolute atomic E-state index is 11.7. The summed E-state index contributed by atoms with van der Waals surface area (Å²) in [6.07, 6.45) is 0. The highest BCUT2D eigenvalue weighted by molar-refractivity contribution is 9.10. The Morgan fingerprint density at radius 3 is 2.61 bits per heavy atom. The summed E-state index contributed by atoms with van der Waals surface area (Å²) in [6, 6.07) is 14.3. The van der Waals surface area contributed by atoms with E-state index in [0.717, 1.165) is 10.0 Å². The number of ether oxygens (including phenoxy) is 1. The Morgan fingerprint density at radius 2 is 1.89 bits per heavy atom. The molecule has 18 heavy (non-hydrogen) atoms. The number of hydrogen-bond donors (Lipinski definition) is 0. The Bertz CT molecular complexity index is 555. The second-order valence-electron chi connectivity index (χ2n) is 3.68. The highest BCUT2D eigenvalue weighted by atomic mass is 79.9. The minimum Gasteiger partial charge on any atom is -0.457 e. The first-order chi connectivity index (χ1) is 8.66. The maximum atomic E-state index is 11.7. The van der Waals surface area contributed by atoms with E-state index in [2.05, 4.69) is 15.9 Å². The van der Waals surface area contributed by atoms with Crippen LogP contribution in [0.25, 0.3) is 0 Å². The molecule has 92 valence electrons. The first-order valence-electron chi connectivity index (χ1n) is 5.33. The molecule has 0 bridgehead atoms. The third kappa shape index (κ3) is 3.34. The van der Waals surface area contributed by atoms with Crippen LogP contribution in [0.15, 0.2) is 53.0 Å². The zero-order chi connectivity index (χ0) is 13.0. The summed E-state index contributed by atoms with van der Waals surface area (Å²) in [4.78, 5) is 11.7. The van der Waals surface area contributed by atoms with Crippen molar-refractivity contribution in [2.24, 2.45) is 0 Å². The normalized spacial score (nSPS) is 10.1. The maximum Gasteiger partial charge on any atom is 0.338 e. The van der Waals surface area contributed by atoms with E-state index < -0.39 is 0 Å². The molecule has 0 aliphatic rings. The fourth-order valence-electron chi connectivity index (χ4n) is 1.45. The SMILES string of the molecule is O=C(OCc1cc(Br)ccc1Cl)c1ccccc1. The second-order valence-corrected chi connectivity index (χ2v) is 5.00. The molecule has 0 atom stereocenters. The van der Waals surface area contributed by atoms with E-state index in [1.54, 1.807) is 30.3 Å². The van der Waals surface area contributed by atoms with Gasteiger partial charge in [-0.2, -0.15) is 0 Å². The molecule has 0 unspecified atom stereocenters. The monoisotopic (exact) mass is 324 g/mol. The lowest BCUT2D eigenvalue weighted by molar-refractivity contribution is 0.0473. The molecule has 0 spiro atoms. The summed E-state index contributed by atoms with van der Waals surface area (Å²) >= 11 is 9.36. The molecular weight excluding hydrogens is 316 g/mol. The Hall–Kier alpha value is -1.32. The van der Waals surface area contributed by atoms with Crippen LogP contribution in [-0.2, 0) is 11.3 Å². The predicted molar refractivity (Wildman–Crippen MR) is 74.7 cm³/mol. The predicted octanol–water partition coefficient (Wildman–Crippen LogP) is 4.46. The van der Waals surface area contributed by atoms with Crippen molar-refractivity contribution in [1.82, 2.24) is 0 Å². The van der Waals surface area contributed by atoms with Crippen molar-refractivity contribution in [3.8, 4) is 0 Å². The highest BCUT2D eigenvalue weighted by Gasteiger charge is 2.08. The van der Waals surface area contributed by atoms with Crippen LogP contribution in [-0.4, -0.2) is 5.97 Å². The number of carbonyl (C=O) groups is 1. The van der Waals surface area contributed by atoms with Gasteiger partial charge >= 0.3 is 5.97 Å². The molecule has 0 N–H and O–H groups in total. The summed E-state index contributed by atoms with van der Waals surface area (Å²) in [5, 5.41) is 0.582. The lowest BCUT2D eigenvalue weighted by atomic mass is 10.2. The van der Waals surface area contributed by atoms with Crippen molar-refractivity contribution in [2.75, 3.05) is 0 Å². The number of halogens is 2. The Labute approximate surface area is 119 Å². The third-order valence-electron chi connectivity index (χ3n) is 2.38. The van der Waals surface area contributed by atoms with Gasteiger partial charge in [-0.1, -0.05) is 45.7 Å². The summed E-state index contributed by atoms with van der Waals surface area (Å²) in [6.45, 7) is 0.159. The molecule has 2 rings (SSSR count). The molecule has 2 nitrogen and oxygen atoms in total. The van der Waals surface area contributed by atoms with Gasteiger partial charge in [-0.15, -0.1) is 0 Å². The molecular formula is C14H10BrClO2. The lowest BCUT2D eigenvalue weighted by Gasteiger charge is -2.07. The standard InChI is InChI=1S/C14H10BrClO2/c15-12-6-7-13(16)11(8-12)9-18-14(17)10-4-2-1-3-5-10/h1-8H,9H2. The molecule has 0 aliphatic carbocycles. The summed E-state index contributed by atoms with van der Waals surface area (Å²) in [5.74, 6) is -0.355. The fourth-order valence-corrected chi connectivity index (χ4v) is 2.04. The molecule has 0 saturated heterocycles. The van der Waals surface area contributed by atoms with Crippen LogP contribution in [0.4, 0.5) is 0 Å². The van der Waals surface area contributed by atoms with Gasteiger partial charge in [0.2, 0.25) is 0 Å². The smallest absolute Gasteiger partial charge is 0.338 e. The van der Waals surface area contributed by atoms with Crippen molar-refractivity contribution in [3.05, 3.63) is 69.2 Å². The van der Waals surface area contributed by atoms with E-state index >= 15 is 0 Å². The van der Waals surface area contributed by atoms with Gasteiger partial charge in [-0.3, -0.25) is 0 Å². The van der Waals surface area contributed by atoms with Crippen LogP contribution in [0, 0.1) is 0 Å². The average molecular weight is 326 g/mol. The first kappa shape index (κ1) is 13.1. The zero-order valence-electron chi connectivity index (χ0n) is 9.40. The topological polar surface area (TPSA) is 26.3 Å². The van der Waals surface area contributed by atoms with Crippen LogP contribution in [0.5, 0.6) is 0 Å². The van der Waals surface area contributed by atoms with E-state index in [1.165, 1.54) is 0 Å². The molecule has 0 radical (unpaired) electrons. The number of hydrogen-bond acceptors (Lipinski definition) is 2. The van der Waals surface area contributed by atoms with E-state index in [-0.39, 0.29) is 12.6 Å². The highest BCUT2D eigenvalue weighted by Crippen LogP contribution is 2.22. The van der Waals surface area contributed by atoms with Crippen LogP contribution in [0.1, 0.15) is 15.9 Å². The Morgan fingerprint density at radius 1 is 1.17 bits per heavy atom. The van der Waals surface area contributed by atoms with Crippen molar-refractivity contribution in [1.29, 1.82) is 0 Å². The van der Waals surface area contributed by atoms with Crippen molar-refractivity contribution >= 4 is 33.5 Å². The molecule has 4 heteroatoms. The number of carbonyl (C=O) groups excluding carboxylic acids is 1. The minimum atomic E-state index is -0.355.